The summed E-state index contributed by atoms with van der Waals surface area (Å²) in [7, 11) is -2.01. The Morgan fingerprint density at radius 3 is 2.48 bits per heavy atom. The van der Waals surface area contributed by atoms with Gasteiger partial charge >= 0.3 is 0 Å². The number of fused-ring (bicyclic) bond motifs is 1. The molecule has 3 aromatic rings. The van der Waals surface area contributed by atoms with E-state index in [0.29, 0.717) is 47.9 Å². The minimum absolute atomic E-state index is 0.197. The minimum atomic E-state index is -3.62. The molecule has 2 atom stereocenters. The highest BCUT2D eigenvalue weighted by Gasteiger charge is 2.32. The Morgan fingerprint density at radius 2 is 1.80 bits per heavy atom. The first-order chi connectivity index (χ1) is 19.2. The van der Waals surface area contributed by atoms with Crippen LogP contribution in [-0.2, 0) is 14.8 Å². The fourth-order valence-electron chi connectivity index (χ4n) is 5.58. The number of thiazole rings is 1. The lowest BCUT2D eigenvalue weighted by Crippen LogP contribution is -2.42. The first-order valence-corrected chi connectivity index (χ1v) is 16.2. The number of ether oxygens (including phenoxy) is 2. The Balaban J connectivity index is 1.37. The van der Waals surface area contributed by atoms with Gasteiger partial charge in [-0.05, 0) is 61.1 Å². The van der Waals surface area contributed by atoms with Gasteiger partial charge in [0.15, 0.2) is 5.13 Å². The molecule has 2 saturated heterocycles. The van der Waals surface area contributed by atoms with Crippen LogP contribution in [-0.4, -0.2) is 88.1 Å². The van der Waals surface area contributed by atoms with E-state index in [0.717, 1.165) is 55.9 Å². The number of hydrogen-bond donors (Lipinski definition) is 0. The molecule has 5 rings (SSSR count). The Morgan fingerprint density at radius 1 is 1.10 bits per heavy atom. The molecule has 11 heteroatoms. The summed E-state index contributed by atoms with van der Waals surface area (Å²) < 4.78 is 40.1. The second-order valence-corrected chi connectivity index (χ2v) is 13.8. The maximum absolute atomic E-state index is 13.9. The lowest BCUT2D eigenvalue weighted by molar-refractivity contribution is 0.0376. The van der Waals surface area contributed by atoms with Gasteiger partial charge in [0.1, 0.15) is 5.75 Å². The summed E-state index contributed by atoms with van der Waals surface area (Å²) in [6, 6.07) is 12.1. The van der Waals surface area contributed by atoms with Gasteiger partial charge in [-0.3, -0.25) is 14.6 Å². The molecule has 9 nitrogen and oxygen atoms in total. The number of amides is 1. The van der Waals surface area contributed by atoms with Crippen LogP contribution in [0.25, 0.3) is 10.2 Å². The van der Waals surface area contributed by atoms with Gasteiger partial charge in [-0.2, -0.15) is 4.31 Å². The van der Waals surface area contributed by atoms with E-state index in [-0.39, 0.29) is 10.8 Å². The number of aromatic nitrogens is 1. The van der Waals surface area contributed by atoms with Crippen LogP contribution in [0.5, 0.6) is 5.75 Å². The predicted molar refractivity (Wildman–Crippen MR) is 158 cm³/mol. The summed E-state index contributed by atoms with van der Waals surface area (Å²) in [6.07, 6.45) is 1.81. The van der Waals surface area contributed by atoms with E-state index in [4.69, 9.17) is 14.5 Å². The SMILES string of the molecule is COc1ccc2sc(N(CCCN3CCOCC3)C(=O)c3ccc(S(=O)(=O)N4CC(C)CC(C)C4)cc3)nc2c1. The fourth-order valence-corrected chi connectivity index (χ4v) is 8.23. The topological polar surface area (TPSA) is 92.3 Å². The number of carbonyl (C=O) groups excluding carboxylic acids is 1. The van der Waals surface area contributed by atoms with Crippen molar-refractivity contribution in [2.45, 2.75) is 31.6 Å². The van der Waals surface area contributed by atoms with Gasteiger partial charge in [0.05, 0.1) is 35.4 Å². The fraction of sp³-hybridized carbons (Fsp3) is 0.517. The summed E-state index contributed by atoms with van der Waals surface area (Å²) in [4.78, 5) is 22.9. The number of piperidine rings is 1. The van der Waals surface area contributed by atoms with Crippen LogP contribution >= 0.6 is 11.3 Å². The van der Waals surface area contributed by atoms with Crippen molar-refractivity contribution in [1.82, 2.24) is 14.2 Å². The van der Waals surface area contributed by atoms with E-state index < -0.39 is 10.0 Å². The van der Waals surface area contributed by atoms with Gasteiger partial charge in [0, 0.05) is 50.9 Å². The van der Waals surface area contributed by atoms with E-state index in [9.17, 15) is 13.2 Å². The Kier molecular flexibility index (Phi) is 9.06. The lowest BCUT2D eigenvalue weighted by atomic mass is 9.94. The van der Waals surface area contributed by atoms with Crippen LogP contribution in [0, 0.1) is 11.8 Å². The normalized spacial score (nSPS) is 21.0. The zero-order valence-corrected chi connectivity index (χ0v) is 25.0. The number of rotatable bonds is 9. The molecule has 216 valence electrons. The zero-order chi connectivity index (χ0) is 28.3. The average Bonchev–Trinajstić information content (AvgIpc) is 3.38. The molecule has 0 spiro atoms. The largest absolute Gasteiger partial charge is 0.497 e. The molecular formula is C29H38N4O5S2. The van der Waals surface area contributed by atoms with Gasteiger partial charge in [-0.15, -0.1) is 0 Å². The third kappa shape index (κ3) is 6.49. The molecule has 0 saturated carbocycles. The summed E-state index contributed by atoms with van der Waals surface area (Å²) in [5, 5.41) is 0.614. The maximum Gasteiger partial charge on any atom is 0.260 e. The summed E-state index contributed by atoms with van der Waals surface area (Å²) in [5.41, 5.74) is 1.21. The van der Waals surface area contributed by atoms with Crippen LogP contribution in [0.4, 0.5) is 5.13 Å². The van der Waals surface area contributed by atoms with Crippen LogP contribution in [0.2, 0.25) is 0 Å². The smallest absolute Gasteiger partial charge is 0.260 e. The van der Waals surface area contributed by atoms with Crippen molar-refractivity contribution < 1.29 is 22.7 Å². The number of anilines is 1. The second kappa shape index (κ2) is 12.5. The summed E-state index contributed by atoms with van der Waals surface area (Å²) in [5.74, 6) is 1.15. The molecular weight excluding hydrogens is 548 g/mol. The highest BCUT2D eigenvalue weighted by Crippen LogP contribution is 2.32. The van der Waals surface area contributed by atoms with Crippen LogP contribution in [0.15, 0.2) is 47.4 Å². The standard InChI is InChI=1S/C29H38N4O5S2/c1-21-17-22(2)20-32(19-21)40(35,36)25-8-5-23(6-9-25)28(34)33(12-4-11-31-13-15-38-16-14-31)29-30-26-18-24(37-3)7-10-27(26)39-29/h5-10,18,21-22H,4,11-17,19-20H2,1-3H3. The van der Waals surface area contributed by atoms with E-state index in [1.54, 1.807) is 40.6 Å². The van der Waals surface area contributed by atoms with Crippen LogP contribution < -0.4 is 9.64 Å². The molecule has 0 radical (unpaired) electrons. The Bertz CT molecular complexity index is 1410. The molecule has 0 bridgehead atoms. The van der Waals surface area contributed by atoms with Gasteiger partial charge in [-0.25, -0.2) is 13.4 Å². The number of morpholine rings is 1. The molecule has 2 aliphatic heterocycles. The Labute approximate surface area is 240 Å². The number of sulfonamides is 1. The number of nitrogens with zero attached hydrogens (tertiary/aromatic N) is 4. The first kappa shape index (κ1) is 28.9. The maximum atomic E-state index is 13.9. The Hall–Kier alpha value is -2.57. The molecule has 40 heavy (non-hydrogen) atoms. The van der Waals surface area contributed by atoms with Crippen molar-refractivity contribution in [3.63, 3.8) is 0 Å². The van der Waals surface area contributed by atoms with Gasteiger partial charge in [0.25, 0.3) is 5.91 Å². The first-order valence-electron chi connectivity index (χ1n) is 13.9. The molecule has 2 unspecified atom stereocenters. The molecule has 2 fully saturated rings. The second-order valence-electron chi connectivity index (χ2n) is 10.9. The minimum Gasteiger partial charge on any atom is -0.497 e. The molecule has 2 aliphatic rings. The van der Waals surface area contributed by atoms with E-state index in [1.807, 2.05) is 18.2 Å². The number of carbonyl (C=O) groups is 1. The molecule has 2 aromatic carbocycles. The van der Waals surface area contributed by atoms with Crippen LogP contribution in [0.1, 0.15) is 37.0 Å². The van der Waals surface area contributed by atoms with Gasteiger partial charge < -0.3 is 9.47 Å². The monoisotopic (exact) mass is 586 g/mol. The van der Waals surface area contributed by atoms with Crippen molar-refractivity contribution in [3.05, 3.63) is 48.0 Å². The molecule has 0 N–H and O–H groups in total. The van der Waals surface area contributed by atoms with Gasteiger partial charge in [0.2, 0.25) is 10.0 Å². The third-order valence-corrected chi connectivity index (χ3v) is 10.5. The van der Waals surface area contributed by atoms with Crippen molar-refractivity contribution in [1.29, 1.82) is 0 Å². The molecule has 1 aromatic heterocycles. The average molecular weight is 587 g/mol. The van der Waals surface area contributed by atoms with E-state index in [2.05, 4.69) is 18.7 Å². The van der Waals surface area contributed by atoms with E-state index >= 15 is 0 Å². The van der Waals surface area contributed by atoms with Crippen molar-refractivity contribution in [2.75, 3.05) is 64.5 Å². The van der Waals surface area contributed by atoms with Crippen LogP contribution in [0.3, 0.4) is 0 Å². The molecule has 3 heterocycles. The van der Waals surface area contributed by atoms with Crippen molar-refractivity contribution >= 4 is 42.6 Å². The number of hydrogen-bond acceptors (Lipinski definition) is 8. The number of methoxy groups -OCH3 is 1. The van der Waals surface area contributed by atoms with Crippen molar-refractivity contribution in [2.24, 2.45) is 11.8 Å². The summed E-state index contributed by atoms with van der Waals surface area (Å²) in [6.45, 7) is 9.81. The lowest BCUT2D eigenvalue weighted by Gasteiger charge is -2.34. The predicted octanol–water partition coefficient (Wildman–Crippen LogP) is 4.34. The zero-order valence-electron chi connectivity index (χ0n) is 23.4. The molecule has 1 amide bonds. The van der Waals surface area contributed by atoms with Gasteiger partial charge in [-0.1, -0.05) is 25.2 Å². The summed E-state index contributed by atoms with van der Waals surface area (Å²) >= 11 is 1.46. The highest BCUT2D eigenvalue weighted by molar-refractivity contribution is 7.89. The number of benzene rings is 2. The molecule has 0 aliphatic carbocycles. The third-order valence-electron chi connectivity index (χ3n) is 7.59. The van der Waals surface area contributed by atoms with Crippen molar-refractivity contribution in [3.8, 4) is 5.75 Å². The quantitative estimate of drug-likeness (QED) is 0.368. The van der Waals surface area contributed by atoms with E-state index in [1.165, 1.54) is 11.3 Å². The highest BCUT2D eigenvalue weighted by atomic mass is 32.2.